The maximum atomic E-state index is 12.8. The van der Waals surface area contributed by atoms with Gasteiger partial charge in [-0.05, 0) is 43.5 Å². The predicted molar refractivity (Wildman–Crippen MR) is 105 cm³/mol. The molecule has 0 aliphatic carbocycles. The van der Waals surface area contributed by atoms with Crippen molar-refractivity contribution in [3.8, 4) is 0 Å². The second-order valence-electron chi connectivity index (χ2n) is 7.00. The summed E-state index contributed by atoms with van der Waals surface area (Å²) in [5, 5.41) is 8.30. The lowest BCUT2D eigenvalue weighted by atomic mass is 10.0. The molecular weight excluding hydrogens is 362 g/mol. The first-order valence-corrected chi connectivity index (χ1v) is 9.55. The number of aromatic nitrogens is 3. The Labute approximate surface area is 163 Å². The standard InChI is InChI=1S/C20H22ClN5O/c1-14-18(19-22-9-2-10-26(19)24-14)20(27)23-17-7-11-25(12-8-17)13-15-3-5-16(21)6-4-15/h2-6,9-10,17H,7-8,11-13H2,1H3,(H,23,27). The fraction of sp³-hybridized carbons (Fsp3) is 0.350. The average molecular weight is 384 g/mol. The van der Waals surface area contributed by atoms with Crippen LogP contribution in [0.2, 0.25) is 5.02 Å². The molecule has 1 aliphatic rings. The van der Waals surface area contributed by atoms with E-state index in [1.54, 1.807) is 23.0 Å². The molecule has 1 aliphatic heterocycles. The molecule has 0 unspecified atom stereocenters. The number of fused-ring (bicyclic) bond motifs is 1. The molecule has 2 aromatic heterocycles. The van der Waals surface area contributed by atoms with Crippen molar-refractivity contribution in [3.63, 3.8) is 0 Å². The van der Waals surface area contributed by atoms with Crippen LogP contribution in [0, 0.1) is 6.92 Å². The summed E-state index contributed by atoms with van der Waals surface area (Å²) in [5.41, 5.74) is 3.13. The first kappa shape index (κ1) is 17.9. The topological polar surface area (TPSA) is 62.5 Å². The summed E-state index contributed by atoms with van der Waals surface area (Å²) < 4.78 is 1.65. The van der Waals surface area contributed by atoms with Crippen molar-refractivity contribution in [2.24, 2.45) is 0 Å². The van der Waals surface area contributed by atoms with Crippen molar-refractivity contribution in [1.82, 2.24) is 24.8 Å². The molecular formula is C20H22ClN5O. The van der Waals surface area contributed by atoms with E-state index in [0.717, 1.165) is 37.5 Å². The Hall–Kier alpha value is -2.44. The van der Waals surface area contributed by atoms with Crippen molar-refractivity contribution >= 4 is 23.2 Å². The summed E-state index contributed by atoms with van der Waals surface area (Å²) >= 11 is 5.95. The summed E-state index contributed by atoms with van der Waals surface area (Å²) in [6.45, 7) is 4.67. The van der Waals surface area contributed by atoms with Gasteiger partial charge in [-0.3, -0.25) is 9.69 Å². The highest BCUT2D eigenvalue weighted by molar-refractivity contribution is 6.30. The molecule has 1 fully saturated rings. The zero-order valence-corrected chi connectivity index (χ0v) is 16.0. The second kappa shape index (κ2) is 7.66. The van der Waals surface area contributed by atoms with E-state index in [0.29, 0.717) is 16.9 Å². The van der Waals surface area contributed by atoms with Crippen LogP contribution in [0.3, 0.4) is 0 Å². The van der Waals surface area contributed by atoms with Crippen LogP contribution in [0.5, 0.6) is 0 Å². The van der Waals surface area contributed by atoms with Gasteiger partial charge in [-0.2, -0.15) is 5.10 Å². The number of nitrogens with one attached hydrogen (secondary N) is 1. The minimum Gasteiger partial charge on any atom is -0.349 e. The van der Waals surface area contributed by atoms with Gasteiger partial charge in [-0.25, -0.2) is 9.50 Å². The molecule has 4 rings (SSSR count). The van der Waals surface area contributed by atoms with Crippen LogP contribution in [0.15, 0.2) is 42.7 Å². The zero-order chi connectivity index (χ0) is 18.8. The van der Waals surface area contributed by atoms with E-state index in [9.17, 15) is 4.79 Å². The molecule has 6 nitrogen and oxygen atoms in total. The number of likely N-dealkylation sites (tertiary alicyclic amines) is 1. The lowest BCUT2D eigenvalue weighted by molar-refractivity contribution is 0.0910. The largest absolute Gasteiger partial charge is 0.349 e. The van der Waals surface area contributed by atoms with Crippen LogP contribution in [0.4, 0.5) is 0 Å². The molecule has 0 bridgehead atoms. The summed E-state index contributed by atoms with van der Waals surface area (Å²) in [4.78, 5) is 19.5. The molecule has 1 amide bonds. The number of aryl methyl sites for hydroxylation is 1. The number of rotatable bonds is 4. The predicted octanol–water partition coefficient (Wildman–Crippen LogP) is 3.09. The second-order valence-corrected chi connectivity index (χ2v) is 7.44. The van der Waals surface area contributed by atoms with Gasteiger partial charge in [0.2, 0.25) is 0 Å². The van der Waals surface area contributed by atoms with Crippen LogP contribution in [0.25, 0.3) is 5.65 Å². The zero-order valence-electron chi connectivity index (χ0n) is 15.2. The Morgan fingerprint density at radius 1 is 1.26 bits per heavy atom. The number of hydrogen-bond acceptors (Lipinski definition) is 4. The van der Waals surface area contributed by atoms with Gasteiger partial charge in [-0.15, -0.1) is 0 Å². The van der Waals surface area contributed by atoms with Crippen molar-refractivity contribution < 1.29 is 4.79 Å². The summed E-state index contributed by atoms with van der Waals surface area (Å²) in [6.07, 6.45) is 5.36. The molecule has 1 saturated heterocycles. The van der Waals surface area contributed by atoms with Gasteiger partial charge < -0.3 is 5.32 Å². The maximum absolute atomic E-state index is 12.8. The van der Waals surface area contributed by atoms with Crippen LogP contribution < -0.4 is 5.32 Å². The third-order valence-corrected chi connectivity index (χ3v) is 5.29. The van der Waals surface area contributed by atoms with E-state index in [2.05, 4.69) is 32.4 Å². The highest BCUT2D eigenvalue weighted by Gasteiger charge is 2.24. The van der Waals surface area contributed by atoms with E-state index in [1.165, 1.54) is 5.56 Å². The SMILES string of the molecule is Cc1nn2cccnc2c1C(=O)NC1CCN(Cc2ccc(Cl)cc2)CC1. The van der Waals surface area contributed by atoms with Gasteiger partial charge >= 0.3 is 0 Å². The number of carbonyl (C=O) groups excluding carboxylic acids is 1. The average Bonchev–Trinajstić information content (AvgIpc) is 3.01. The molecule has 1 aromatic carbocycles. The number of amides is 1. The molecule has 1 N–H and O–H groups in total. The van der Waals surface area contributed by atoms with E-state index >= 15 is 0 Å². The van der Waals surface area contributed by atoms with Crippen LogP contribution in [-0.2, 0) is 6.54 Å². The van der Waals surface area contributed by atoms with Gasteiger partial charge in [0.1, 0.15) is 5.56 Å². The minimum absolute atomic E-state index is 0.0858. The Morgan fingerprint density at radius 3 is 2.74 bits per heavy atom. The van der Waals surface area contributed by atoms with Gasteiger partial charge in [0, 0.05) is 43.1 Å². The Kier molecular flexibility index (Phi) is 5.09. The molecule has 0 spiro atoms. The molecule has 0 saturated carbocycles. The van der Waals surface area contributed by atoms with Gasteiger partial charge in [0.15, 0.2) is 5.65 Å². The van der Waals surface area contributed by atoms with Crippen molar-refractivity contribution in [2.75, 3.05) is 13.1 Å². The van der Waals surface area contributed by atoms with E-state index in [1.807, 2.05) is 19.1 Å². The summed E-state index contributed by atoms with van der Waals surface area (Å²) in [5.74, 6) is -0.0858. The lowest BCUT2D eigenvalue weighted by Gasteiger charge is -2.32. The summed E-state index contributed by atoms with van der Waals surface area (Å²) in [7, 11) is 0. The van der Waals surface area contributed by atoms with Crippen LogP contribution >= 0.6 is 11.6 Å². The van der Waals surface area contributed by atoms with Gasteiger partial charge in [0.05, 0.1) is 5.69 Å². The summed E-state index contributed by atoms with van der Waals surface area (Å²) in [6, 6.07) is 9.97. The quantitative estimate of drug-likeness (QED) is 0.752. The first-order valence-electron chi connectivity index (χ1n) is 9.18. The van der Waals surface area contributed by atoms with Gasteiger partial charge in [-0.1, -0.05) is 23.7 Å². The molecule has 27 heavy (non-hydrogen) atoms. The normalized spacial score (nSPS) is 15.9. The van der Waals surface area contributed by atoms with Gasteiger partial charge in [0.25, 0.3) is 5.91 Å². The fourth-order valence-electron chi connectivity index (χ4n) is 3.60. The lowest BCUT2D eigenvalue weighted by Crippen LogP contribution is -2.44. The van der Waals surface area contributed by atoms with E-state index in [-0.39, 0.29) is 11.9 Å². The number of hydrogen-bond donors (Lipinski definition) is 1. The maximum Gasteiger partial charge on any atom is 0.257 e. The highest BCUT2D eigenvalue weighted by atomic mass is 35.5. The Balaban J connectivity index is 1.35. The molecule has 7 heteroatoms. The Bertz CT molecular complexity index is 945. The number of halogens is 1. The number of nitrogens with zero attached hydrogens (tertiary/aromatic N) is 4. The van der Waals surface area contributed by atoms with Crippen molar-refractivity contribution in [1.29, 1.82) is 0 Å². The van der Waals surface area contributed by atoms with E-state index < -0.39 is 0 Å². The number of benzene rings is 1. The smallest absolute Gasteiger partial charge is 0.257 e. The molecule has 0 radical (unpaired) electrons. The Morgan fingerprint density at radius 2 is 2.00 bits per heavy atom. The molecule has 3 aromatic rings. The highest BCUT2D eigenvalue weighted by Crippen LogP contribution is 2.18. The fourth-order valence-corrected chi connectivity index (χ4v) is 3.73. The third kappa shape index (κ3) is 3.96. The number of piperidine rings is 1. The van der Waals surface area contributed by atoms with Crippen molar-refractivity contribution in [2.45, 2.75) is 32.4 Å². The van der Waals surface area contributed by atoms with Crippen LogP contribution in [-0.4, -0.2) is 44.5 Å². The number of carbonyl (C=O) groups is 1. The van der Waals surface area contributed by atoms with Crippen LogP contribution in [0.1, 0.15) is 34.5 Å². The third-order valence-electron chi connectivity index (χ3n) is 5.04. The molecule has 3 heterocycles. The first-order chi connectivity index (χ1) is 13.1. The van der Waals surface area contributed by atoms with E-state index in [4.69, 9.17) is 11.6 Å². The molecule has 0 atom stereocenters. The monoisotopic (exact) mass is 383 g/mol. The minimum atomic E-state index is -0.0858. The molecule has 140 valence electrons. The van der Waals surface area contributed by atoms with Crippen molar-refractivity contribution in [3.05, 3.63) is 64.6 Å².